The van der Waals surface area contributed by atoms with E-state index in [1.807, 2.05) is 18.2 Å². The number of amides is 1. The Morgan fingerprint density at radius 1 is 1.20 bits per heavy atom. The van der Waals surface area contributed by atoms with E-state index in [0.717, 1.165) is 25.3 Å². The number of aromatic nitrogens is 2. The van der Waals surface area contributed by atoms with E-state index < -0.39 is 0 Å². The number of piperidine rings is 1. The van der Waals surface area contributed by atoms with E-state index in [-0.39, 0.29) is 5.91 Å². The Kier molecular flexibility index (Phi) is 5.99. The van der Waals surface area contributed by atoms with Gasteiger partial charge >= 0.3 is 0 Å². The van der Waals surface area contributed by atoms with E-state index in [1.54, 1.807) is 12.4 Å². The van der Waals surface area contributed by atoms with E-state index in [2.05, 4.69) is 39.2 Å². The van der Waals surface area contributed by atoms with Crippen molar-refractivity contribution >= 4 is 11.9 Å². The highest BCUT2D eigenvalue weighted by Gasteiger charge is 2.23. The number of hydrogen-bond acceptors (Lipinski definition) is 4. The van der Waals surface area contributed by atoms with Gasteiger partial charge in [0.05, 0.1) is 5.56 Å². The SMILES string of the molecule is CCC1CCCCN1c1ncc(C(=O)NCCc2ccccc2)cn1. The van der Waals surface area contributed by atoms with Gasteiger partial charge in [-0.1, -0.05) is 37.3 Å². The number of nitrogens with zero attached hydrogens (tertiary/aromatic N) is 3. The molecule has 1 aromatic carbocycles. The Morgan fingerprint density at radius 3 is 2.68 bits per heavy atom. The number of carbonyl (C=O) groups is 1. The monoisotopic (exact) mass is 338 g/mol. The molecule has 5 nitrogen and oxygen atoms in total. The van der Waals surface area contributed by atoms with Gasteiger partial charge in [0.25, 0.3) is 5.91 Å². The van der Waals surface area contributed by atoms with Crippen molar-refractivity contribution in [2.24, 2.45) is 0 Å². The van der Waals surface area contributed by atoms with E-state index >= 15 is 0 Å². The normalized spacial score (nSPS) is 17.3. The summed E-state index contributed by atoms with van der Waals surface area (Å²) >= 11 is 0. The van der Waals surface area contributed by atoms with Crippen LogP contribution in [0, 0.1) is 0 Å². The first-order valence-corrected chi connectivity index (χ1v) is 9.18. The average molecular weight is 338 g/mol. The number of benzene rings is 1. The van der Waals surface area contributed by atoms with Gasteiger partial charge in [-0.3, -0.25) is 4.79 Å². The second kappa shape index (κ2) is 8.60. The fourth-order valence-corrected chi connectivity index (χ4v) is 3.34. The first-order chi connectivity index (χ1) is 12.3. The molecule has 5 heteroatoms. The van der Waals surface area contributed by atoms with Gasteiger partial charge in [0.15, 0.2) is 0 Å². The van der Waals surface area contributed by atoms with Crippen LogP contribution in [0.3, 0.4) is 0 Å². The predicted molar refractivity (Wildman–Crippen MR) is 99.8 cm³/mol. The van der Waals surface area contributed by atoms with Crippen molar-refractivity contribution in [3.8, 4) is 0 Å². The Hall–Kier alpha value is -2.43. The maximum absolute atomic E-state index is 12.2. The van der Waals surface area contributed by atoms with Gasteiger partial charge in [-0.2, -0.15) is 0 Å². The summed E-state index contributed by atoms with van der Waals surface area (Å²) in [6, 6.07) is 10.6. The molecule has 1 aromatic heterocycles. The average Bonchev–Trinajstić information content (AvgIpc) is 2.69. The molecule has 2 heterocycles. The first kappa shape index (κ1) is 17.4. The number of rotatable bonds is 6. The third-order valence-corrected chi connectivity index (χ3v) is 4.80. The molecule has 2 aromatic rings. The molecule has 1 unspecified atom stereocenters. The lowest BCUT2D eigenvalue weighted by Crippen LogP contribution is -2.40. The largest absolute Gasteiger partial charge is 0.352 e. The Labute approximate surface area is 149 Å². The molecule has 0 radical (unpaired) electrons. The molecule has 0 spiro atoms. The van der Waals surface area contributed by atoms with Crippen LogP contribution in [0.1, 0.15) is 48.5 Å². The molecule has 1 aliphatic heterocycles. The summed E-state index contributed by atoms with van der Waals surface area (Å²) in [5.74, 6) is 0.626. The minimum atomic E-state index is -0.117. The Bertz CT molecular complexity index is 672. The Balaban J connectivity index is 1.55. The summed E-state index contributed by atoms with van der Waals surface area (Å²) < 4.78 is 0. The lowest BCUT2D eigenvalue weighted by Gasteiger charge is -2.35. The van der Waals surface area contributed by atoms with Gasteiger partial charge in [0.1, 0.15) is 0 Å². The number of hydrogen-bond donors (Lipinski definition) is 1. The molecule has 1 N–H and O–H groups in total. The van der Waals surface area contributed by atoms with E-state index in [1.165, 1.54) is 24.8 Å². The summed E-state index contributed by atoms with van der Waals surface area (Å²) in [6.45, 7) is 3.81. The van der Waals surface area contributed by atoms with Gasteiger partial charge in [0.2, 0.25) is 5.95 Å². The maximum atomic E-state index is 12.2. The zero-order valence-corrected chi connectivity index (χ0v) is 14.8. The highest BCUT2D eigenvalue weighted by molar-refractivity contribution is 5.93. The van der Waals surface area contributed by atoms with Crippen LogP contribution in [0.2, 0.25) is 0 Å². The minimum absolute atomic E-state index is 0.117. The highest BCUT2D eigenvalue weighted by atomic mass is 16.1. The van der Waals surface area contributed by atoms with Crippen LogP contribution < -0.4 is 10.2 Å². The summed E-state index contributed by atoms with van der Waals surface area (Å²) in [7, 11) is 0. The fourth-order valence-electron chi connectivity index (χ4n) is 3.34. The van der Waals surface area contributed by atoms with Gasteiger partial charge in [-0.05, 0) is 37.7 Å². The number of nitrogens with one attached hydrogen (secondary N) is 1. The summed E-state index contributed by atoms with van der Waals surface area (Å²) in [6.07, 6.45) is 8.85. The van der Waals surface area contributed by atoms with E-state index in [9.17, 15) is 4.79 Å². The van der Waals surface area contributed by atoms with Gasteiger partial charge < -0.3 is 10.2 Å². The maximum Gasteiger partial charge on any atom is 0.254 e. The van der Waals surface area contributed by atoms with E-state index in [4.69, 9.17) is 0 Å². The first-order valence-electron chi connectivity index (χ1n) is 9.18. The third-order valence-electron chi connectivity index (χ3n) is 4.80. The molecular formula is C20H26N4O. The molecule has 3 rings (SSSR count). The van der Waals surface area contributed by atoms with Crippen molar-refractivity contribution in [1.82, 2.24) is 15.3 Å². The highest BCUT2D eigenvalue weighted by Crippen LogP contribution is 2.23. The van der Waals surface area contributed by atoms with E-state index in [0.29, 0.717) is 18.2 Å². The van der Waals surface area contributed by atoms with Crippen molar-refractivity contribution in [2.45, 2.75) is 45.1 Å². The molecule has 1 fully saturated rings. The number of anilines is 1. The van der Waals surface area contributed by atoms with Crippen LogP contribution in [-0.4, -0.2) is 35.0 Å². The van der Waals surface area contributed by atoms with Crippen molar-refractivity contribution in [1.29, 1.82) is 0 Å². The van der Waals surface area contributed by atoms with Crippen LogP contribution in [0.5, 0.6) is 0 Å². The lowest BCUT2D eigenvalue weighted by molar-refractivity contribution is 0.0953. The molecule has 0 bridgehead atoms. The molecule has 25 heavy (non-hydrogen) atoms. The fraction of sp³-hybridized carbons (Fsp3) is 0.450. The van der Waals surface area contributed by atoms with Crippen LogP contribution in [0.15, 0.2) is 42.7 Å². The zero-order valence-electron chi connectivity index (χ0n) is 14.8. The van der Waals surface area contributed by atoms with Crippen molar-refractivity contribution in [3.05, 3.63) is 53.9 Å². The third kappa shape index (κ3) is 4.56. The summed E-state index contributed by atoms with van der Waals surface area (Å²) in [4.78, 5) is 23.4. The standard InChI is InChI=1S/C20H26N4O/c1-2-18-10-6-7-13-24(18)20-22-14-17(15-23-20)19(25)21-12-11-16-8-4-3-5-9-16/h3-5,8-9,14-15,18H,2,6-7,10-13H2,1H3,(H,21,25). The van der Waals surface area contributed by atoms with Crippen LogP contribution in [0.25, 0.3) is 0 Å². The molecule has 0 aliphatic carbocycles. The topological polar surface area (TPSA) is 58.1 Å². The van der Waals surface area contributed by atoms with Crippen molar-refractivity contribution in [2.75, 3.05) is 18.0 Å². The Morgan fingerprint density at radius 2 is 1.96 bits per heavy atom. The van der Waals surface area contributed by atoms with Gasteiger partial charge in [-0.15, -0.1) is 0 Å². The molecule has 1 saturated heterocycles. The predicted octanol–water partition coefficient (Wildman–Crippen LogP) is 3.22. The van der Waals surface area contributed by atoms with Crippen molar-refractivity contribution < 1.29 is 4.79 Å². The lowest BCUT2D eigenvalue weighted by atomic mass is 10.0. The number of carbonyl (C=O) groups excluding carboxylic acids is 1. The molecule has 132 valence electrons. The van der Waals surface area contributed by atoms with Gasteiger partial charge in [-0.25, -0.2) is 9.97 Å². The molecule has 1 atom stereocenters. The molecular weight excluding hydrogens is 312 g/mol. The molecule has 0 saturated carbocycles. The minimum Gasteiger partial charge on any atom is -0.352 e. The summed E-state index contributed by atoms with van der Waals surface area (Å²) in [5, 5.41) is 2.93. The zero-order chi connectivity index (χ0) is 17.5. The van der Waals surface area contributed by atoms with Crippen LogP contribution >= 0.6 is 0 Å². The van der Waals surface area contributed by atoms with Gasteiger partial charge in [0, 0.05) is 31.5 Å². The van der Waals surface area contributed by atoms with Crippen LogP contribution in [0.4, 0.5) is 5.95 Å². The second-order valence-corrected chi connectivity index (χ2v) is 6.51. The second-order valence-electron chi connectivity index (χ2n) is 6.51. The van der Waals surface area contributed by atoms with Crippen molar-refractivity contribution in [3.63, 3.8) is 0 Å². The quantitative estimate of drug-likeness (QED) is 0.878. The molecule has 1 amide bonds. The molecule has 1 aliphatic rings. The summed E-state index contributed by atoms with van der Waals surface area (Å²) in [5.41, 5.74) is 1.73. The smallest absolute Gasteiger partial charge is 0.254 e. The van der Waals surface area contributed by atoms with Crippen LogP contribution in [-0.2, 0) is 6.42 Å².